The second kappa shape index (κ2) is 15.3. The molecule has 6 rings (SSSR count). The molecule has 4 N–H and O–H groups in total. The third-order valence-electron chi connectivity index (χ3n) is 9.64. The summed E-state index contributed by atoms with van der Waals surface area (Å²) in [6.07, 6.45) is 1.24. The molecule has 0 bridgehead atoms. The molecule has 3 heterocycles. The number of likely N-dealkylation sites (tertiary alicyclic amines) is 1. The number of fused-ring (bicyclic) bond motifs is 1. The highest BCUT2D eigenvalue weighted by atomic mass is 16.7. The fourth-order valence-electron chi connectivity index (χ4n) is 6.86. The number of piperidine rings is 1. The van der Waals surface area contributed by atoms with Gasteiger partial charge in [0.05, 0.1) is 29.8 Å². The second-order valence-electron chi connectivity index (χ2n) is 12.9. The second-order valence-corrected chi connectivity index (χ2v) is 12.9. The molecule has 0 saturated carbocycles. The molecule has 4 atom stereocenters. The Morgan fingerprint density at radius 3 is 2.31 bits per heavy atom. The summed E-state index contributed by atoms with van der Waals surface area (Å²) in [7, 11) is 0. The Labute approximate surface area is 279 Å². The summed E-state index contributed by atoms with van der Waals surface area (Å²) >= 11 is 0. The van der Waals surface area contributed by atoms with Crippen LogP contribution in [0, 0.1) is 5.92 Å². The highest BCUT2D eigenvalue weighted by Crippen LogP contribution is 2.42. The van der Waals surface area contributed by atoms with Crippen molar-refractivity contribution in [1.29, 1.82) is 0 Å². The maximum Gasteiger partial charge on any atom is 0.326 e. The number of rotatable bonds is 12. The first kappa shape index (κ1) is 33.6. The summed E-state index contributed by atoms with van der Waals surface area (Å²) in [6, 6.07) is 23.6. The lowest BCUT2D eigenvalue weighted by Crippen LogP contribution is -2.47. The number of carboxylic acid groups (broad SMARTS) is 1. The molecule has 0 aliphatic carbocycles. The third-order valence-corrected chi connectivity index (χ3v) is 9.64. The number of hydrogen-bond donors (Lipinski definition) is 4. The maximum absolute atomic E-state index is 12.8. The van der Waals surface area contributed by atoms with Gasteiger partial charge in [-0.05, 0) is 48.1 Å². The number of benzene rings is 3. The standard InChI is InChI=1S/C37H44N4O7/c1-24-32(22-40-19-17-29(18-20-40)41-31-6-3-2-5-30(31)39-37(41)46)47-36(48-35(24)27-13-11-26(23-42)12-14-27)28-15-9-25(10-16-28)21-38-33(43)7-4-8-34(44)45/h2-3,5-6,9-16,24,29,32,35-36,42H,4,7-8,17-23H2,1H3,(H,38,43)(H,39,46)(H,44,45)/t24-,32+,35+,36+/m1/s1. The van der Waals surface area contributed by atoms with Crippen molar-refractivity contribution in [2.24, 2.45) is 5.92 Å². The van der Waals surface area contributed by atoms with Crippen LogP contribution in [-0.2, 0) is 32.2 Å². The first-order valence-electron chi connectivity index (χ1n) is 16.8. The zero-order valence-corrected chi connectivity index (χ0v) is 27.2. The highest BCUT2D eigenvalue weighted by molar-refractivity contribution is 5.76. The lowest BCUT2D eigenvalue weighted by molar-refractivity contribution is -0.276. The van der Waals surface area contributed by atoms with Gasteiger partial charge in [0.15, 0.2) is 6.29 Å². The number of imidazole rings is 1. The topological polar surface area (TPSA) is 146 Å². The minimum absolute atomic E-state index is 0.0223. The van der Waals surface area contributed by atoms with E-state index in [2.05, 4.69) is 22.1 Å². The van der Waals surface area contributed by atoms with E-state index in [4.69, 9.17) is 14.6 Å². The monoisotopic (exact) mass is 656 g/mol. The van der Waals surface area contributed by atoms with Gasteiger partial charge in [-0.15, -0.1) is 0 Å². The normalized spacial score (nSPS) is 22.1. The van der Waals surface area contributed by atoms with Crippen LogP contribution in [0.5, 0.6) is 0 Å². The molecule has 254 valence electrons. The summed E-state index contributed by atoms with van der Waals surface area (Å²) in [5, 5.41) is 21.2. The third kappa shape index (κ3) is 7.87. The van der Waals surface area contributed by atoms with Crippen LogP contribution in [0.2, 0.25) is 0 Å². The zero-order chi connectivity index (χ0) is 33.6. The molecule has 11 heteroatoms. The van der Waals surface area contributed by atoms with Crippen molar-refractivity contribution >= 4 is 22.9 Å². The number of aliphatic carboxylic acids is 1. The van der Waals surface area contributed by atoms with Gasteiger partial charge in [0, 0.05) is 56.5 Å². The fourth-order valence-corrected chi connectivity index (χ4v) is 6.86. The summed E-state index contributed by atoms with van der Waals surface area (Å²) in [5.41, 5.74) is 5.41. The number of amides is 1. The van der Waals surface area contributed by atoms with E-state index in [0.717, 1.165) is 65.8 Å². The molecule has 2 saturated heterocycles. The average Bonchev–Trinajstić information content (AvgIpc) is 3.44. The number of H-pyrrole nitrogens is 1. The quantitative estimate of drug-likeness (QED) is 0.170. The zero-order valence-electron chi connectivity index (χ0n) is 27.2. The number of nitrogens with zero attached hydrogens (tertiary/aromatic N) is 2. The van der Waals surface area contributed by atoms with Crippen molar-refractivity contribution in [2.75, 3.05) is 19.6 Å². The number of aliphatic hydroxyl groups is 1. The Bertz CT molecular complexity index is 1740. The van der Waals surface area contributed by atoms with Crippen molar-refractivity contribution in [3.63, 3.8) is 0 Å². The number of aromatic amines is 1. The van der Waals surface area contributed by atoms with Crippen LogP contribution in [0.15, 0.2) is 77.6 Å². The maximum atomic E-state index is 12.8. The highest BCUT2D eigenvalue weighted by Gasteiger charge is 2.39. The number of ether oxygens (including phenoxy) is 2. The first-order chi connectivity index (χ1) is 23.3. The number of carboxylic acids is 1. The molecule has 3 aromatic carbocycles. The van der Waals surface area contributed by atoms with Crippen LogP contribution >= 0.6 is 0 Å². The van der Waals surface area contributed by atoms with Gasteiger partial charge < -0.3 is 34.9 Å². The largest absolute Gasteiger partial charge is 0.481 e. The lowest BCUT2D eigenvalue weighted by atomic mass is 9.89. The molecule has 2 aliphatic rings. The number of aliphatic hydroxyl groups excluding tert-OH is 1. The Morgan fingerprint density at radius 2 is 1.60 bits per heavy atom. The molecular formula is C37H44N4O7. The molecule has 0 spiro atoms. The predicted octanol–water partition coefficient (Wildman–Crippen LogP) is 4.82. The van der Waals surface area contributed by atoms with Crippen molar-refractivity contribution < 1.29 is 29.3 Å². The van der Waals surface area contributed by atoms with E-state index < -0.39 is 12.3 Å². The Hall–Kier alpha value is -4.29. The Kier molecular flexibility index (Phi) is 10.7. The minimum Gasteiger partial charge on any atom is -0.481 e. The molecule has 0 radical (unpaired) electrons. The summed E-state index contributed by atoms with van der Waals surface area (Å²) < 4.78 is 15.2. The van der Waals surface area contributed by atoms with E-state index in [1.54, 1.807) is 0 Å². The van der Waals surface area contributed by atoms with E-state index in [9.17, 15) is 19.5 Å². The number of carbonyl (C=O) groups excluding carboxylic acids is 1. The Morgan fingerprint density at radius 1 is 0.917 bits per heavy atom. The van der Waals surface area contributed by atoms with Gasteiger partial charge >= 0.3 is 11.7 Å². The van der Waals surface area contributed by atoms with Gasteiger partial charge in [-0.25, -0.2) is 4.79 Å². The number of nitrogens with one attached hydrogen (secondary N) is 2. The van der Waals surface area contributed by atoms with Gasteiger partial charge in [-0.1, -0.05) is 67.6 Å². The van der Waals surface area contributed by atoms with E-state index >= 15 is 0 Å². The Balaban J connectivity index is 1.13. The molecule has 0 unspecified atom stereocenters. The molecule has 2 fully saturated rings. The molecule has 4 aromatic rings. The van der Waals surface area contributed by atoms with Gasteiger partial charge in [-0.3, -0.25) is 14.2 Å². The molecule has 1 amide bonds. The molecular weight excluding hydrogens is 612 g/mol. The van der Waals surface area contributed by atoms with Gasteiger partial charge in [0.1, 0.15) is 0 Å². The number of aromatic nitrogens is 2. The lowest BCUT2D eigenvalue weighted by Gasteiger charge is -2.44. The summed E-state index contributed by atoms with van der Waals surface area (Å²) in [6.45, 7) is 4.91. The molecule has 11 nitrogen and oxygen atoms in total. The van der Waals surface area contributed by atoms with Crippen molar-refractivity contribution in [2.45, 2.75) is 76.7 Å². The first-order valence-corrected chi connectivity index (χ1v) is 16.8. The van der Waals surface area contributed by atoms with Crippen LogP contribution in [0.1, 0.15) is 79.7 Å². The summed E-state index contributed by atoms with van der Waals surface area (Å²) in [4.78, 5) is 41.1. The predicted molar refractivity (Wildman–Crippen MR) is 180 cm³/mol. The van der Waals surface area contributed by atoms with E-state index in [1.165, 1.54) is 0 Å². The molecule has 48 heavy (non-hydrogen) atoms. The van der Waals surface area contributed by atoms with Gasteiger partial charge in [0.25, 0.3) is 0 Å². The van der Waals surface area contributed by atoms with E-state index in [-0.39, 0.29) is 55.2 Å². The SMILES string of the molecule is C[C@@H]1[C@H](CN2CCC(n3c(=O)[nH]c4ccccc43)CC2)O[C@H](c2ccc(CNC(=O)CCCC(=O)O)cc2)O[C@@H]1c1ccc(CO)cc1. The van der Waals surface area contributed by atoms with Gasteiger partial charge in [-0.2, -0.15) is 0 Å². The summed E-state index contributed by atoms with van der Waals surface area (Å²) in [5.74, 6) is -1.04. The molecule has 1 aromatic heterocycles. The van der Waals surface area contributed by atoms with Crippen molar-refractivity contribution in [1.82, 2.24) is 19.8 Å². The van der Waals surface area contributed by atoms with Crippen molar-refractivity contribution in [3.8, 4) is 0 Å². The van der Waals surface area contributed by atoms with Crippen LogP contribution < -0.4 is 11.0 Å². The van der Waals surface area contributed by atoms with Gasteiger partial charge in [0.2, 0.25) is 5.91 Å². The smallest absolute Gasteiger partial charge is 0.326 e. The number of carbonyl (C=O) groups is 2. The number of hydrogen-bond acceptors (Lipinski definition) is 7. The minimum atomic E-state index is -0.907. The average molecular weight is 657 g/mol. The molecule has 2 aliphatic heterocycles. The van der Waals surface area contributed by atoms with Crippen molar-refractivity contribution in [3.05, 3.63) is 106 Å². The van der Waals surface area contributed by atoms with Crippen LogP contribution in [-0.4, -0.2) is 62.3 Å². The fraction of sp³-hybridized carbons (Fsp3) is 0.432. The van der Waals surface area contributed by atoms with Crippen LogP contribution in [0.4, 0.5) is 0 Å². The van der Waals surface area contributed by atoms with E-state index in [0.29, 0.717) is 13.0 Å². The number of para-hydroxylation sites is 2. The van der Waals surface area contributed by atoms with Crippen LogP contribution in [0.3, 0.4) is 0 Å². The van der Waals surface area contributed by atoms with E-state index in [1.807, 2.05) is 77.4 Å². The van der Waals surface area contributed by atoms with Crippen LogP contribution in [0.25, 0.3) is 11.0 Å².